The minimum Gasteiger partial charge on any atom is -0.494 e. The fourth-order valence-electron chi connectivity index (χ4n) is 4.08. The Morgan fingerprint density at radius 3 is 1.94 bits per heavy atom. The van der Waals surface area contributed by atoms with Gasteiger partial charge in [-0.25, -0.2) is 9.97 Å². The second-order valence-corrected chi connectivity index (χ2v) is 9.21. The summed E-state index contributed by atoms with van der Waals surface area (Å²) in [6, 6.07) is 8.18. The van der Waals surface area contributed by atoms with E-state index in [1.807, 2.05) is 30.6 Å². The van der Waals surface area contributed by atoms with Gasteiger partial charge in [0.25, 0.3) is 0 Å². The van der Waals surface area contributed by atoms with E-state index < -0.39 is 0 Å². The molecule has 0 aliphatic carbocycles. The van der Waals surface area contributed by atoms with Gasteiger partial charge in [-0.1, -0.05) is 83.6 Å². The topological polar surface area (TPSA) is 35.0 Å². The lowest BCUT2D eigenvalue weighted by Gasteiger charge is -2.07. The van der Waals surface area contributed by atoms with Crippen molar-refractivity contribution in [1.82, 2.24) is 9.97 Å². The highest BCUT2D eigenvalue weighted by Gasteiger charge is 2.03. The molecule has 1 aromatic carbocycles. The SMILES string of the molecule is C=CCCCCCCCCOc1ccc(-c2ncc(CCCCCCCCCC)cn2)cc1. The number of nitrogens with zero attached hydrogens (tertiary/aromatic N) is 2. The predicted molar refractivity (Wildman–Crippen MR) is 142 cm³/mol. The highest BCUT2D eigenvalue weighted by atomic mass is 16.5. The Bertz CT molecular complexity index is 724. The standard InChI is InChI=1S/C30H46N2O/c1-3-5-7-9-11-13-15-17-19-27-25-31-30(32-26-27)28-20-22-29(23-21-28)33-24-18-16-14-12-10-8-6-4-2/h4,20-23,25-26H,2-3,5-19,24H2,1H3. The molecule has 2 aromatic rings. The summed E-state index contributed by atoms with van der Waals surface area (Å²) in [6.45, 7) is 6.83. The maximum absolute atomic E-state index is 5.90. The Morgan fingerprint density at radius 2 is 1.30 bits per heavy atom. The zero-order valence-electron chi connectivity index (χ0n) is 21.1. The van der Waals surface area contributed by atoms with E-state index in [-0.39, 0.29) is 0 Å². The molecular weight excluding hydrogens is 404 g/mol. The molecular formula is C30H46N2O. The average molecular weight is 451 g/mol. The molecule has 0 unspecified atom stereocenters. The van der Waals surface area contributed by atoms with Crippen LogP contribution in [-0.4, -0.2) is 16.6 Å². The molecule has 1 aromatic heterocycles. The second-order valence-electron chi connectivity index (χ2n) is 9.21. The first-order valence-corrected chi connectivity index (χ1v) is 13.5. The van der Waals surface area contributed by atoms with Gasteiger partial charge in [-0.05, 0) is 61.9 Å². The predicted octanol–water partition coefficient (Wildman–Crippen LogP) is 9.12. The summed E-state index contributed by atoms with van der Waals surface area (Å²) in [6.07, 6.45) is 26.6. The molecule has 3 nitrogen and oxygen atoms in total. The molecule has 0 bridgehead atoms. The monoisotopic (exact) mass is 450 g/mol. The summed E-state index contributed by atoms with van der Waals surface area (Å²) in [5, 5.41) is 0. The Labute approximate surface area is 203 Å². The van der Waals surface area contributed by atoms with Crippen LogP contribution in [0.15, 0.2) is 49.3 Å². The number of unbranched alkanes of at least 4 members (excludes halogenated alkanes) is 13. The van der Waals surface area contributed by atoms with E-state index >= 15 is 0 Å². The molecule has 0 spiro atoms. The molecule has 0 radical (unpaired) electrons. The van der Waals surface area contributed by atoms with Crippen molar-refractivity contribution in [3.63, 3.8) is 0 Å². The van der Waals surface area contributed by atoms with E-state index in [4.69, 9.17) is 4.74 Å². The normalized spacial score (nSPS) is 10.9. The van der Waals surface area contributed by atoms with E-state index in [0.717, 1.165) is 43.0 Å². The summed E-state index contributed by atoms with van der Waals surface area (Å²) in [5.74, 6) is 1.72. The Morgan fingerprint density at radius 1 is 0.727 bits per heavy atom. The number of hydrogen-bond donors (Lipinski definition) is 0. The molecule has 0 saturated carbocycles. The van der Waals surface area contributed by atoms with E-state index in [9.17, 15) is 0 Å². The summed E-state index contributed by atoms with van der Waals surface area (Å²) >= 11 is 0. The van der Waals surface area contributed by atoms with Gasteiger partial charge in [-0.15, -0.1) is 6.58 Å². The lowest BCUT2D eigenvalue weighted by Crippen LogP contribution is -1.97. The fraction of sp³-hybridized carbons (Fsp3) is 0.600. The van der Waals surface area contributed by atoms with Crippen molar-refractivity contribution in [3.05, 3.63) is 54.9 Å². The van der Waals surface area contributed by atoms with Gasteiger partial charge in [0.05, 0.1) is 6.61 Å². The molecule has 0 atom stereocenters. The zero-order chi connectivity index (χ0) is 23.4. The third-order valence-electron chi connectivity index (χ3n) is 6.21. The molecule has 0 aliphatic heterocycles. The number of hydrogen-bond acceptors (Lipinski definition) is 3. The summed E-state index contributed by atoms with van der Waals surface area (Å²) in [5.41, 5.74) is 2.28. The van der Waals surface area contributed by atoms with Crippen LogP contribution < -0.4 is 4.74 Å². The number of benzene rings is 1. The Hall–Kier alpha value is -2.16. The number of aromatic nitrogens is 2. The van der Waals surface area contributed by atoms with Crippen LogP contribution in [0, 0.1) is 0 Å². The van der Waals surface area contributed by atoms with Gasteiger partial charge in [0.2, 0.25) is 0 Å². The molecule has 0 saturated heterocycles. The molecule has 0 N–H and O–H groups in total. The molecule has 33 heavy (non-hydrogen) atoms. The molecule has 0 amide bonds. The molecule has 0 aliphatic rings. The van der Waals surface area contributed by atoms with Crippen LogP contribution in [0.3, 0.4) is 0 Å². The number of rotatable bonds is 20. The first kappa shape index (κ1) is 27.1. The van der Waals surface area contributed by atoms with E-state index in [0.29, 0.717) is 0 Å². The highest BCUT2D eigenvalue weighted by molar-refractivity contribution is 5.55. The molecule has 2 rings (SSSR count). The summed E-state index contributed by atoms with van der Waals surface area (Å²) in [4.78, 5) is 9.19. The number of allylic oxidation sites excluding steroid dienone is 1. The molecule has 3 heteroatoms. The van der Waals surface area contributed by atoms with Gasteiger partial charge in [0, 0.05) is 18.0 Å². The van der Waals surface area contributed by atoms with Crippen LogP contribution in [0.4, 0.5) is 0 Å². The lowest BCUT2D eigenvalue weighted by atomic mass is 10.1. The molecule has 1 heterocycles. The minimum absolute atomic E-state index is 0.788. The number of ether oxygens (including phenoxy) is 1. The highest BCUT2D eigenvalue weighted by Crippen LogP contribution is 2.20. The minimum atomic E-state index is 0.788. The van der Waals surface area contributed by atoms with Gasteiger partial charge >= 0.3 is 0 Å². The quantitative estimate of drug-likeness (QED) is 0.149. The van der Waals surface area contributed by atoms with Crippen molar-refractivity contribution in [2.75, 3.05) is 6.61 Å². The zero-order valence-corrected chi connectivity index (χ0v) is 21.1. The van der Waals surface area contributed by atoms with Crippen LogP contribution in [0.2, 0.25) is 0 Å². The van der Waals surface area contributed by atoms with Gasteiger partial charge in [0.15, 0.2) is 5.82 Å². The van der Waals surface area contributed by atoms with Gasteiger partial charge in [0.1, 0.15) is 5.75 Å². The van der Waals surface area contributed by atoms with E-state index in [1.165, 1.54) is 89.0 Å². The molecule has 182 valence electrons. The van der Waals surface area contributed by atoms with Crippen LogP contribution in [0.5, 0.6) is 5.75 Å². The Kier molecular flexibility index (Phi) is 15.0. The van der Waals surface area contributed by atoms with E-state index in [2.05, 4.69) is 35.6 Å². The maximum Gasteiger partial charge on any atom is 0.159 e. The van der Waals surface area contributed by atoms with Gasteiger partial charge in [-0.2, -0.15) is 0 Å². The maximum atomic E-state index is 5.90. The van der Waals surface area contributed by atoms with Crippen molar-refractivity contribution in [1.29, 1.82) is 0 Å². The van der Waals surface area contributed by atoms with Gasteiger partial charge < -0.3 is 4.74 Å². The van der Waals surface area contributed by atoms with Crippen LogP contribution in [0.1, 0.15) is 109 Å². The van der Waals surface area contributed by atoms with Crippen molar-refractivity contribution >= 4 is 0 Å². The van der Waals surface area contributed by atoms with Crippen molar-refractivity contribution in [2.45, 2.75) is 110 Å². The van der Waals surface area contributed by atoms with Crippen molar-refractivity contribution < 1.29 is 4.74 Å². The fourth-order valence-corrected chi connectivity index (χ4v) is 4.08. The smallest absolute Gasteiger partial charge is 0.159 e. The van der Waals surface area contributed by atoms with Crippen LogP contribution >= 0.6 is 0 Å². The third kappa shape index (κ3) is 12.6. The van der Waals surface area contributed by atoms with Crippen LogP contribution in [0.25, 0.3) is 11.4 Å². The molecule has 0 fully saturated rings. The Balaban J connectivity index is 1.59. The summed E-state index contributed by atoms with van der Waals surface area (Å²) in [7, 11) is 0. The van der Waals surface area contributed by atoms with Crippen LogP contribution in [-0.2, 0) is 6.42 Å². The first-order chi connectivity index (χ1) is 16.3. The third-order valence-corrected chi connectivity index (χ3v) is 6.21. The lowest BCUT2D eigenvalue weighted by molar-refractivity contribution is 0.304. The summed E-state index contributed by atoms with van der Waals surface area (Å²) < 4.78 is 5.90. The van der Waals surface area contributed by atoms with E-state index in [1.54, 1.807) is 0 Å². The van der Waals surface area contributed by atoms with Gasteiger partial charge in [-0.3, -0.25) is 0 Å². The first-order valence-electron chi connectivity index (χ1n) is 13.5. The van der Waals surface area contributed by atoms with Crippen molar-refractivity contribution in [2.24, 2.45) is 0 Å². The average Bonchev–Trinajstić information content (AvgIpc) is 2.85. The number of aryl methyl sites for hydroxylation is 1. The van der Waals surface area contributed by atoms with Crippen molar-refractivity contribution in [3.8, 4) is 17.1 Å². The largest absolute Gasteiger partial charge is 0.494 e. The second kappa shape index (κ2) is 18.3.